The lowest BCUT2D eigenvalue weighted by atomic mass is 9.81. The third-order valence-corrected chi connectivity index (χ3v) is 7.54. The second-order valence-corrected chi connectivity index (χ2v) is 10.1. The Kier molecular flexibility index (Phi) is 8.24. The Morgan fingerprint density at radius 3 is 2.18 bits per heavy atom. The lowest BCUT2D eigenvalue weighted by molar-refractivity contribution is -0.117. The van der Waals surface area contributed by atoms with Gasteiger partial charge in [-0.3, -0.25) is 14.5 Å². The van der Waals surface area contributed by atoms with E-state index in [-0.39, 0.29) is 17.9 Å². The van der Waals surface area contributed by atoms with Crippen LogP contribution >= 0.6 is 11.6 Å². The van der Waals surface area contributed by atoms with Crippen LogP contribution in [0.1, 0.15) is 47.5 Å². The summed E-state index contributed by atoms with van der Waals surface area (Å²) in [5.74, 6) is 0.591. The van der Waals surface area contributed by atoms with Gasteiger partial charge in [0, 0.05) is 55.5 Å². The van der Waals surface area contributed by atoms with Gasteiger partial charge in [-0.1, -0.05) is 23.7 Å². The maximum Gasteiger partial charge on any atom is 0.253 e. The fourth-order valence-corrected chi connectivity index (χ4v) is 5.13. The molecule has 1 heterocycles. The van der Waals surface area contributed by atoms with Gasteiger partial charge >= 0.3 is 0 Å². The Balaban J connectivity index is 1.24. The zero-order valence-corrected chi connectivity index (χ0v) is 20.9. The van der Waals surface area contributed by atoms with Crippen molar-refractivity contribution < 1.29 is 9.59 Å². The van der Waals surface area contributed by atoms with E-state index in [2.05, 4.69) is 34.3 Å². The number of benzene rings is 2. The molecule has 0 spiro atoms. The summed E-state index contributed by atoms with van der Waals surface area (Å²) in [6.45, 7) is 4.34. The molecule has 1 saturated carbocycles. The summed E-state index contributed by atoms with van der Waals surface area (Å²) in [4.78, 5) is 31.6. The van der Waals surface area contributed by atoms with Crippen LogP contribution in [0.5, 0.6) is 0 Å². The second-order valence-electron chi connectivity index (χ2n) is 9.68. The second kappa shape index (κ2) is 11.3. The standard InChI is InChI=1S/C27H35ClN4O2/c1-30-15-17-32(18-16-30)19-26(33)29-24-11-5-20(6-12-24)21-7-13-25(14-8-21)31(2)27(34)22-3-9-23(28)10-4-22/h3-6,9-12,21,25H,7-8,13-19H2,1-2H3,(H,29,33). The molecule has 34 heavy (non-hydrogen) atoms. The fraction of sp³-hybridized carbons (Fsp3) is 0.481. The van der Waals surface area contributed by atoms with Gasteiger partial charge in [-0.2, -0.15) is 0 Å². The average molecular weight is 483 g/mol. The fourth-order valence-electron chi connectivity index (χ4n) is 5.01. The largest absolute Gasteiger partial charge is 0.339 e. The number of nitrogens with one attached hydrogen (secondary N) is 1. The van der Waals surface area contributed by atoms with Crippen molar-refractivity contribution in [2.45, 2.75) is 37.6 Å². The van der Waals surface area contributed by atoms with Crippen LogP contribution in [0.25, 0.3) is 0 Å². The van der Waals surface area contributed by atoms with Gasteiger partial charge in [-0.15, -0.1) is 0 Å². The third kappa shape index (κ3) is 6.38. The van der Waals surface area contributed by atoms with E-state index in [0.717, 1.165) is 57.5 Å². The smallest absolute Gasteiger partial charge is 0.253 e. The first-order valence-corrected chi connectivity index (χ1v) is 12.6. The van der Waals surface area contributed by atoms with Crippen molar-refractivity contribution in [3.05, 3.63) is 64.7 Å². The van der Waals surface area contributed by atoms with Crippen LogP contribution in [0.15, 0.2) is 48.5 Å². The van der Waals surface area contributed by atoms with Gasteiger partial charge in [0.15, 0.2) is 0 Å². The van der Waals surface area contributed by atoms with Crippen molar-refractivity contribution in [1.82, 2.24) is 14.7 Å². The monoisotopic (exact) mass is 482 g/mol. The normalized spacial score (nSPS) is 21.7. The van der Waals surface area contributed by atoms with E-state index in [9.17, 15) is 9.59 Å². The van der Waals surface area contributed by atoms with E-state index in [1.807, 2.05) is 24.1 Å². The van der Waals surface area contributed by atoms with E-state index in [1.165, 1.54) is 5.56 Å². The van der Waals surface area contributed by atoms with E-state index in [0.29, 0.717) is 23.0 Å². The number of hydrogen-bond acceptors (Lipinski definition) is 4. The molecular weight excluding hydrogens is 448 g/mol. The molecule has 0 radical (unpaired) electrons. The number of carbonyl (C=O) groups excluding carboxylic acids is 2. The van der Waals surface area contributed by atoms with Gasteiger partial charge < -0.3 is 15.1 Å². The zero-order valence-electron chi connectivity index (χ0n) is 20.2. The highest BCUT2D eigenvalue weighted by molar-refractivity contribution is 6.30. The van der Waals surface area contributed by atoms with Gasteiger partial charge in [0.05, 0.1) is 6.54 Å². The first kappa shape index (κ1) is 24.7. The van der Waals surface area contributed by atoms with Crippen LogP contribution in [0.4, 0.5) is 5.69 Å². The number of rotatable bonds is 6. The molecule has 0 aromatic heterocycles. The van der Waals surface area contributed by atoms with Crippen LogP contribution in [-0.2, 0) is 4.79 Å². The molecule has 2 aliphatic rings. The van der Waals surface area contributed by atoms with Crippen molar-refractivity contribution in [2.24, 2.45) is 0 Å². The lowest BCUT2D eigenvalue weighted by Crippen LogP contribution is -2.47. The SMILES string of the molecule is CN1CCN(CC(=O)Nc2ccc(C3CCC(N(C)C(=O)c4ccc(Cl)cc4)CC3)cc2)CC1. The summed E-state index contributed by atoms with van der Waals surface area (Å²) < 4.78 is 0. The predicted octanol–water partition coefficient (Wildman–Crippen LogP) is 4.32. The molecule has 2 aromatic carbocycles. The summed E-state index contributed by atoms with van der Waals surface area (Å²) in [6.07, 6.45) is 4.09. The van der Waals surface area contributed by atoms with Crippen LogP contribution < -0.4 is 5.32 Å². The molecule has 4 rings (SSSR count). The van der Waals surface area contributed by atoms with Crippen LogP contribution in [-0.4, -0.2) is 79.4 Å². The molecule has 1 saturated heterocycles. The molecule has 2 aromatic rings. The van der Waals surface area contributed by atoms with Gasteiger partial charge in [0.2, 0.25) is 5.91 Å². The van der Waals surface area contributed by atoms with E-state index in [4.69, 9.17) is 11.6 Å². The number of anilines is 1. The summed E-state index contributed by atoms with van der Waals surface area (Å²) in [6, 6.07) is 15.7. The Labute approximate surface area is 207 Å². The molecule has 0 bridgehead atoms. The van der Waals surface area contributed by atoms with Crippen molar-refractivity contribution in [3.63, 3.8) is 0 Å². The number of piperazine rings is 1. The third-order valence-electron chi connectivity index (χ3n) is 7.28. The average Bonchev–Trinajstić information content (AvgIpc) is 2.85. The Bertz CT molecular complexity index is 963. The predicted molar refractivity (Wildman–Crippen MR) is 138 cm³/mol. The number of amides is 2. The molecule has 0 atom stereocenters. The Morgan fingerprint density at radius 1 is 0.941 bits per heavy atom. The zero-order chi connectivity index (χ0) is 24.1. The first-order valence-electron chi connectivity index (χ1n) is 12.2. The minimum Gasteiger partial charge on any atom is -0.339 e. The maximum atomic E-state index is 12.8. The molecule has 182 valence electrons. The van der Waals surface area contributed by atoms with E-state index >= 15 is 0 Å². The number of halogens is 1. The highest BCUT2D eigenvalue weighted by Gasteiger charge is 2.28. The molecule has 1 aliphatic heterocycles. The summed E-state index contributed by atoms with van der Waals surface area (Å²) in [5.41, 5.74) is 2.84. The van der Waals surface area contributed by atoms with Gasteiger partial charge in [-0.25, -0.2) is 0 Å². The van der Waals surface area contributed by atoms with Gasteiger partial charge in [-0.05, 0) is 80.6 Å². The van der Waals surface area contributed by atoms with Crippen molar-refractivity contribution >= 4 is 29.1 Å². The maximum absolute atomic E-state index is 12.8. The number of nitrogens with zero attached hydrogens (tertiary/aromatic N) is 3. The summed E-state index contributed by atoms with van der Waals surface area (Å²) in [7, 11) is 4.02. The lowest BCUT2D eigenvalue weighted by Gasteiger charge is -2.35. The molecule has 2 amide bonds. The van der Waals surface area contributed by atoms with Crippen molar-refractivity contribution in [2.75, 3.05) is 52.1 Å². The topological polar surface area (TPSA) is 55.9 Å². The Hall–Kier alpha value is -2.41. The minimum atomic E-state index is 0.0474. The summed E-state index contributed by atoms with van der Waals surface area (Å²) in [5, 5.41) is 3.68. The molecule has 1 aliphatic carbocycles. The van der Waals surface area contributed by atoms with Crippen molar-refractivity contribution in [1.29, 1.82) is 0 Å². The number of likely N-dealkylation sites (N-methyl/N-ethyl adjacent to an activating group) is 1. The molecular formula is C27H35ClN4O2. The van der Waals surface area contributed by atoms with Crippen LogP contribution in [0.3, 0.4) is 0 Å². The van der Waals surface area contributed by atoms with Crippen molar-refractivity contribution in [3.8, 4) is 0 Å². The van der Waals surface area contributed by atoms with Crippen LogP contribution in [0.2, 0.25) is 5.02 Å². The Morgan fingerprint density at radius 2 is 1.56 bits per heavy atom. The highest BCUT2D eigenvalue weighted by Crippen LogP contribution is 2.35. The van der Waals surface area contributed by atoms with Gasteiger partial charge in [0.1, 0.15) is 0 Å². The van der Waals surface area contributed by atoms with E-state index < -0.39 is 0 Å². The summed E-state index contributed by atoms with van der Waals surface area (Å²) >= 11 is 5.95. The number of hydrogen-bond donors (Lipinski definition) is 1. The van der Waals surface area contributed by atoms with Gasteiger partial charge in [0.25, 0.3) is 5.91 Å². The first-order chi connectivity index (χ1) is 16.4. The molecule has 2 fully saturated rings. The molecule has 0 unspecified atom stereocenters. The molecule has 7 heteroatoms. The van der Waals surface area contributed by atoms with Crippen LogP contribution in [0, 0.1) is 0 Å². The molecule has 1 N–H and O–H groups in total. The highest BCUT2D eigenvalue weighted by atomic mass is 35.5. The molecule has 6 nitrogen and oxygen atoms in total. The minimum absolute atomic E-state index is 0.0474. The quantitative estimate of drug-likeness (QED) is 0.666. The number of carbonyl (C=O) groups is 2. The van der Waals surface area contributed by atoms with E-state index in [1.54, 1.807) is 24.3 Å².